The molecule has 0 aromatic rings. The average Bonchev–Trinajstić information content (AvgIpc) is 3.19. The van der Waals surface area contributed by atoms with Crippen molar-refractivity contribution in [2.24, 2.45) is 56.7 Å². The lowest BCUT2D eigenvalue weighted by Gasteiger charge is -2.72. The number of esters is 1. The number of halogens is 1. The van der Waals surface area contributed by atoms with Crippen LogP contribution in [0.2, 0.25) is 0 Å². The van der Waals surface area contributed by atoms with Gasteiger partial charge in [0.15, 0.2) is 5.60 Å². The zero-order valence-electron chi connectivity index (χ0n) is 22.3. The van der Waals surface area contributed by atoms with Gasteiger partial charge in [-0.05, 0) is 79.6 Å². The van der Waals surface area contributed by atoms with Crippen molar-refractivity contribution in [2.45, 2.75) is 98.3 Å². The maximum absolute atomic E-state index is 17.1. The van der Waals surface area contributed by atoms with Crippen molar-refractivity contribution in [3.8, 4) is 0 Å². The van der Waals surface area contributed by atoms with Gasteiger partial charge in [-0.25, -0.2) is 4.39 Å². The molecule has 35 heavy (non-hydrogen) atoms. The number of alkyl halides is 1. The van der Waals surface area contributed by atoms with Gasteiger partial charge in [0.25, 0.3) is 0 Å². The summed E-state index contributed by atoms with van der Waals surface area (Å²) in [5.41, 5.74) is -2.64. The van der Waals surface area contributed by atoms with Crippen molar-refractivity contribution < 1.29 is 23.8 Å². The number of aliphatic hydroxyl groups excluding tert-OH is 1. The fourth-order valence-corrected chi connectivity index (χ4v) is 11.6. The standard InChI is InChI=1S/C30H43FO4/c1-17-7-10-29-12-11-27(5)26(4)9-8-20-25(3,16-33)14-19(15-32)28(20,6)21(26)13-22(31)30(27,35-24(29)34)23(29)18(17)2/h14-15,17-18,20-23,33H,7-13,16H2,1-6H3/t17-,18+,20+,21+,22-,23-,25+,26-,27+,28+,29+,30+/m1/s1. The van der Waals surface area contributed by atoms with E-state index in [-0.39, 0.29) is 41.7 Å². The third kappa shape index (κ3) is 2.28. The molecular weight excluding hydrogens is 443 g/mol. The summed E-state index contributed by atoms with van der Waals surface area (Å²) in [4.78, 5) is 26.1. The van der Waals surface area contributed by atoms with Crippen LogP contribution in [0.4, 0.5) is 4.39 Å². The summed E-state index contributed by atoms with van der Waals surface area (Å²) in [5, 5.41) is 10.3. The summed E-state index contributed by atoms with van der Waals surface area (Å²) < 4.78 is 23.6. The SMILES string of the molecule is C[C@H]1[C@H](C)CC[C@@]23CC[C@]4(C)[C@](OC2=O)([C@H](F)C[C@@H]2[C@@]5(C)C(C=O)=C[C@@](C)(CO)[C@@H]5CC[C@]24C)[C@H]13. The number of rotatable bonds is 2. The van der Waals surface area contributed by atoms with Crippen LogP contribution in [0.15, 0.2) is 11.6 Å². The van der Waals surface area contributed by atoms with Crippen LogP contribution < -0.4 is 0 Å². The van der Waals surface area contributed by atoms with E-state index in [4.69, 9.17) is 4.74 Å². The molecule has 5 heteroatoms. The number of fused-ring (bicyclic) bond motifs is 4. The van der Waals surface area contributed by atoms with Gasteiger partial charge < -0.3 is 9.84 Å². The van der Waals surface area contributed by atoms with Crippen LogP contribution in [0.5, 0.6) is 0 Å². The van der Waals surface area contributed by atoms with Gasteiger partial charge in [0.2, 0.25) is 0 Å². The number of hydrogen-bond donors (Lipinski definition) is 1. The first-order chi connectivity index (χ1) is 16.3. The van der Waals surface area contributed by atoms with Crippen LogP contribution in [0, 0.1) is 56.7 Å². The molecule has 4 nitrogen and oxygen atoms in total. The maximum atomic E-state index is 17.1. The summed E-state index contributed by atoms with van der Waals surface area (Å²) in [7, 11) is 0. The van der Waals surface area contributed by atoms with Crippen LogP contribution in [-0.2, 0) is 14.3 Å². The average molecular weight is 487 g/mol. The number of carbonyl (C=O) groups is 2. The van der Waals surface area contributed by atoms with Crippen molar-refractivity contribution in [3.63, 3.8) is 0 Å². The molecule has 5 aliphatic carbocycles. The van der Waals surface area contributed by atoms with Crippen molar-refractivity contribution in [1.29, 1.82) is 0 Å². The zero-order chi connectivity index (χ0) is 25.4. The van der Waals surface area contributed by atoms with Crippen LogP contribution in [-0.4, -0.2) is 35.7 Å². The highest BCUT2D eigenvalue weighted by molar-refractivity contribution is 5.82. The minimum absolute atomic E-state index is 0.00804. The third-order valence-corrected chi connectivity index (χ3v) is 13.8. The smallest absolute Gasteiger partial charge is 0.313 e. The largest absolute Gasteiger partial charge is 0.455 e. The molecule has 4 saturated carbocycles. The second-order valence-corrected chi connectivity index (χ2v) is 14.5. The first kappa shape index (κ1) is 24.1. The molecule has 1 spiro atoms. The van der Waals surface area contributed by atoms with E-state index < -0.39 is 33.4 Å². The minimum atomic E-state index is -1.25. The minimum Gasteiger partial charge on any atom is -0.455 e. The highest BCUT2D eigenvalue weighted by Crippen LogP contribution is 2.81. The molecule has 0 radical (unpaired) electrons. The Labute approximate surface area is 209 Å². The molecule has 0 unspecified atom stereocenters. The molecule has 12 atom stereocenters. The predicted molar refractivity (Wildman–Crippen MR) is 131 cm³/mol. The Morgan fingerprint density at radius 1 is 1.09 bits per heavy atom. The van der Waals surface area contributed by atoms with Gasteiger partial charge in [-0.2, -0.15) is 0 Å². The van der Waals surface area contributed by atoms with E-state index >= 15 is 4.39 Å². The lowest BCUT2D eigenvalue weighted by Crippen LogP contribution is -2.75. The van der Waals surface area contributed by atoms with E-state index in [1.165, 1.54) is 0 Å². The Morgan fingerprint density at radius 2 is 1.80 bits per heavy atom. The highest BCUT2D eigenvalue weighted by atomic mass is 19.1. The predicted octanol–water partition coefficient (Wildman–Crippen LogP) is 5.67. The van der Waals surface area contributed by atoms with Gasteiger partial charge in [-0.1, -0.05) is 47.6 Å². The molecule has 1 saturated heterocycles. The lowest BCUT2D eigenvalue weighted by molar-refractivity contribution is -0.296. The molecule has 2 bridgehead atoms. The molecule has 6 rings (SSSR count). The molecule has 0 aromatic heterocycles. The molecule has 1 aliphatic heterocycles. The topological polar surface area (TPSA) is 63.6 Å². The molecule has 194 valence electrons. The van der Waals surface area contributed by atoms with Crippen molar-refractivity contribution >= 4 is 12.3 Å². The number of aliphatic hydroxyl groups is 1. The molecule has 0 amide bonds. The second-order valence-electron chi connectivity index (χ2n) is 14.5. The van der Waals surface area contributed by atoms with Gasteiger partial charge in [0.1, 0.15) is 12.5 Å². The zero-order valence-corrected chi connectivity index (χ0v) is 22.3. The van der Waals surface area contributed by atoms with Gasteiger partial charge in [0.05, 0.1) is 12.0 Å². The highest BCUT2D eigenvalue weighted by Gasteiger charge is 2.84. The Morgan fingerprint density at radius 3 is 2.46 bits per heavy atom. The van der Waals surface area contributed by atoms with Crippen LogP contribution in [0.25, 0.3) is 0 Å². The fraction of sp³-hybridized carbons (Fsp3) is 0.867. The van der Waals surface area contributed by atoms with Gasteiger partial charge in [-0.15, -0.1) is 0 Å². The van der Waals surface area contributed by atoms with Gasteiger partial charge >= 0.3 is 5.97 Å². The van der Waals surface area contributed by atoms with Crippen LogP contribution >= 0.6 is 0 Å². The Bertz CT molecular complexity index is 1020. The molecule has 5 fully saturated rings. The monoisotopic (exact) mass is 486 g/mol. The van der Waals surface area contributed by atoms with Gasteiger partial charge in [0, 0.05) is 22.2 Å². The van der Waals surface area contributed by atoms with Crippen molar-refractivity contribution in [2.75, 3.05) is 6.61 Å². The van der Waals surface area contributed by atoms with Gasteiger partial charge in [-0.3, -0.25) is 9.59 Å². The lowest BCUT2D eigenvalue weighted by atomic mass is 9.31. The maximum Gasteiger partial charge on any atom is 0.313 e. The van der Waals surface area contributed by atoms with Crippen LogP contribution in [0.3, 0.4) is 0 Å². The Kier molecular flexibility index (Phi) is 4.68. The van der Waals surface area contributed by atoms with Crippen molar-refractivity contribution in [1.82, 2.24) is 0 Å². The first-order valence-corrected chi connectivity index (χ1v) is 14.0. The van der Waals surface area contributed by atoms with E-state index in [0.717, 1.165) is 50.4 Å². The van der Waals surface area contributed by atoms with E-state index in [1.54, 1.807) is 0 Å². The third-order valence-electron chi connectivity index (χ3n) is 13.8. The quantitative estimate of drug-likeness (QED) is 0.404. The van der Waals surface area contributed by atoms with E-state index in [1.807, 2.05) is 13.0 Å². The fourth-order valence-electron chi connectivity index (χ4n) is 11.6. The molecule has 1 heterocycles. The summed E-state index contributed by atoms with van der Waals surface area (Å²) in [5.74, 6) is 0.498. The molecule has 6 aliphatic rings. The number of hydrogen-bond acceptors (Lipinski definition) is 4. The summed E-state index contributed by atoms with van der Waals surface area (Å²) >= 11 is 0. The summed E-state index contributed by atoms with van der Waals surface area (Å²) in [6.07, 6.45) is 7.20. The van der Waals surface area contributed by atoms with E-state index in [2.05, 4.69) is 34.6 Å². The Balaban J connectivity index is 1.53. The molecular formula is C30H43FO4. The molecule has 0 aromatic carbocycles. The number of carbonyl (C=O) groups excluding carboxylic acids is 2. The van der Waals surface area contributed by atoms with E-state index in [9.17, 15) is 14.7 Å². The van der Waals surface area contributed by atoms with Crippen molar-refractivity contribution in [3.05, 3.63) is 11.6 Å². The van der Waals surface area contributed by atoms with E-state index in [0.29, 0.717) is 12.3 Å². The number of allylic oxidation sites excluding steroid dienone is 1. The molecule has 1 N–H and O–H groups in total. The normalized spacial score (nSPS) is 60.6. The second kappa shape index (κ2) is 6.79. The van der Waals surface area contributed by atoms with Crippen LogP contribution in [0.1, 0.15) is 86.5 Å². The summed E-state index contributed by atoms with van der Waals surface area (Å²) in [6, 6.07) is 0. The first-order valence-electron chi connectivity index (χ1n) is 14.0. The number of ether oxygens (including phenoxy) is 1. The number of aldehydes is 1. The summed E-state index contributed by atoms with van der Waals surface area (Å²) in [6.45, 7) is 13.2. The Hall–Kier alpha value is -1.23.